The molecule has 6 heteroatoms. The molecule has 356 valence electrons. The Labute approximate surface area is 433 Å². The Morgan fingerprint density at radius 1 is 0.547 bits per heavy atom. The summed E-state index contributed by atoms with van der Waals surface area (Å²) in [5, 5.41) is 0. The third-order valence-electron chi connectivity index (χ3n) is 19.7. The van der Waals surface area contributed by atoms with Crippen molar-refractivity contribution in [3.8, 4) is 0 Å². The van der Waals surface area contributed by atoms with E-state index >= 15 is 0 Å². The minimum absolute atomic E-state index is 0. The molecule has 8 saturated carbocycles. The number of hydrogen-bond acceptors (Lipinski definition) is 0. The van der Waals surface area contributed by atoms with Gasteiger partial charge >= 0.3 is 75.7 Å². The molecule has 0 N–H and O–H groups in total. The first-order valence-corrected chi connectivity index (χ1v) is 38.7. The van der Waals surface area contributed by atoms with Crippen LogP contribution in [0.2, 0.25) is 0 Å². The number of allylic oxidation sites excluding steroid dienone is 10. The maximum absolute atomic E-state index is 4.93. The Morgan fingerprint density at radius 2 is 1.05 bits per heavy atom. The second-order valence-electron chi connectivity index (χ2n) is 21.8. The predicted molar refractivity (Wildman–Crippen MR) is 276 cm³/mol. The van der Waals surface area contributed by atoms with Gasteiger partial charge < -0.3 is 27.7 Å². The second-order valence-corrected chi connectivity index (χ2v) is 29.2. The zero-order valence-electron chi connectivity index (χ0n) is 40.3. The standard InChI is InChI=1S/2C28H41.2CH3.4ClH.2Zr/c2*1-2-3-11-22-20-27(25-17-8-7-16-24(22)25)28(23-14-5-6-15-23)19-10-13-21-12-4-9-18-26(21)28;;;;;;;;/h2,7-8,16-17,20-27H,1,3-6,9-15,18-19H2;2,7-8,14,16-17,21-27H,1,3-6,9-13,15,18-20H2;2*1H3;4*1H;;/q4*-1;;;;;2*+4/p-4/t21?,22?,24?,25?,26-,27?,28+;21?,22?,23?,24?,25?,26?,27?,28-;;;;;;;;/m11......../s1. The third kappa shape index (κ3) is 12.3. The molecule has 0 amide bonds. The van der Waals surface area contributed by atoms with Crippen LogP contribution in [-0.2, 0) is 41.7 Å². The van der Waals surface area contributed by atoms with Crippen LogP contribution in [0.25, 0.3) is 0 Å². The van der Waals surface area contributed by atoms with Gasteiger partial charge in [0.25, 0.3) is 0 Å². The van der Waals surface area contributed by atoms with Gasteiger partial charge in [0, 0.05) is 0 Å². The molecule has 10 rings (SSSR count). The van der Waals surface area contributed by atoms with E-state index in [4.69, 9.17) is 34.1 Å². The van der Waals surface area contributed by atoms with Crippen LogP contribution in [0.5, 0.6) is 0 Å². The first kappa shape index (κ1) is 56.3. The monoisotopic (exact) mass is 1100 g/mol. The molecule has 0 heterocycles. The van der Waals surface area contributed by atoms with Gasteiger partial charge in [0.15, 0.2) is 0 Å². The van der Waals surface area contributed by atoms with Crippen LogP contribution in [0.3, 0.4) is 0 Å². The fourth-order valence-corrected chi connectivity index (χ4v) is 17.8. The van der Waals surface area contributed by atoms with Gasteiger partial charge in [-0.1, -0.05) is 157 Å². The summed E-state index contributed by atoms with van der Waals surface area (Å²) in [4.78, 5) is 0. The average molecular weight is 1110 g/mol. The van der Waals surface area contributed by atoms with Crippen molar-refractivity contribution in [1.29, 1.82) is 0 Å². The molecule has 0 aromatic heterocycles. The van der Waals surface area contributed by atoms with Gasteiger partial charge in [-0.2, -0.15) is 24.2 Å². The van der Waals surface area contributed by atoms with E-state index in [0.29, 0.717) is 10.8 Å². The Morgan fingerprint density at radius 3 is 1.64 bits per heavy atom. The van der Waals surface area contributed by atoms with Gasteiger partial charge in [0.2, 0.25) is 0 Å². The van der Waals surface area contributed by atoms with Crippen LogP contribution in [0, 0.1) is 121 Å². The summed E-state index contributed by atoms with van der Waals surface area (Å²) in [7, 11) is 19.7. The van der Waals surface area contributed by atoms with Crippen LogP contribution >= 0.6 is 34.1 Å². The molecular weight excluding hydrogens is 1020 g/mol. The predicted octanol–water partition coefficient (Wildman–Crippen LogP) is 19.5. The first-order chi connectivity index (χ1) is 30.5. The van der Waals surface area contributed by atoms with E-state index < -0.39 is 41.7 Å². The number of rotatable bonds is 10. The van der Waals surface area contributed by atoms with Crippen LogP contribution in [0.4, 0.5) is 0 Å². The van der Waals surface area contributed by atoms with Gasteiger partial charge in [0.1, 0.15) is 0 Å². The van der Waals surface area contributed by atoms with Crippen LogP contribution in [-0.4, -0.2) is 0 Å². The molecule has 0 radical (unpaired) electrons. The summed E-state index contributed by atoms with van der Waals surface area (Å²) in [6, 6.07) is 0. The zero-order valence-corrected chi connectivity index (χ0v) is 48.3. The molecule has 0 saturated heterocycles. The summed E-state index contributed by atoms with van der Waals surface area (Å²) in [6.45, 7) is 8.05. The number of hydrogen-bond donors (Lipinski definition) is 0. The summed E-state index contributed by atoms with van der Waals surface area (Å²) in [6.07, 6.45) is 68.2. The third-order valence-corrected chi connectivity index (χ3v) is 19.7. The van der Waals surface area contributed by atoms with E-state index in [1.165, 1.54) is 154 Å². The number of halogens is 4. The fraction of sp³-hybridized carbons (Fsp3) is 0.724. The molecule has 12 unspecified atom stereocenters. The molecule has 15 atom stereocenters. The van der Waals surface area contributed by atoms with E-state index in [2.05, 4.69) is 86.8 Å². The molecular formula is C58H88Cl4Zr2. The minimum atomic E-state index is -0.826. The molecule has 0 aliphatic heterocycles. The van der Waals surface area contributed by atoms with Crippen LogP contribution in [0.15, 0.2) is 73.9 Å². The summed E-state index contributed by atoms with van der Waals surface area (Å²) < 4.78 is 0. The SMILES string of the molecule is C=CCCC1CC([C@@]2(C3[CH-]CCC3)CCCC3CCCCC32)C2C=CC=CC12.C=CCCC1[CH-]C([C@]2(C3CCCC3)CCCC3CCCC[C@H]32)C2C=CC=CC12.[CH3-].[CH3-].[Cl][Zr+2][Cl].[Cl][Zr+2][Cl]. The van der Waals surface area contributed by atoms with Gasteiger partial charge in [-0.05, 0) is 140 Å². The maximum atomic E-state index is 4.93. The van der Waals surface area contributed by atoms with Gasteiger partial charge in [0.05, 0.1) is 0 Å². The van der Waals surface area contributed by atoms with Gasteiger partial charge in [-0.25, -0.2) is 0 Å². The van der Waals surface area contributed by atoms with Crippen molar-refractivity contribution in [1.82, 2.24) is 0 Å². The number of fused-ring (bicyclic) bond motifs is 4. The van der Waals surface area contributed by atoms with E-state index in [1.54, 1.807) is 12.8 Å². The van der Waals surface area contributed by atoms with Crippen molar-refractivity contribution in [2.75, 3.05) is 0 Å². The van der Waals surface area contributed by atoms with E-state index in [1.807, 2.05) is 0 Å². The topological polar surface area (TPSA) is 0 Å². The Balaban J connectivity index is 0.000000209. The molecule has 10 aliphatic rings. The summed E-state index contributed by atoms with van der Waals surface area (Å²) >= 11 is -1.65. The molecule has 8 fully saturated rings. The van der Waals surface area contributed by atoms with Gasteiger partial charge in [-0.15, -0.1) is 13.2 Å². The van der Waals surface area contributed by atoms with Crippen LogP contribution < -0.4 is 0 Å². The normalized spacial score (nSPS) is 41.2. The van der Waals surface area contributed by atoms with Crippen molar-refractivity contribution >= 4 is 34.1 Å². The molecule has 10 aliphatic carbocycles. The Bertz CT molecular complexity index is 1380. The Kier molecular flexibility index (Phi) is 25.0. The molecule has 0 nitrogen and oxygen atoms in total. The van der Waals surface area contributed by atoms with Crippen molar-refractivity contribution in [2.24, 2.45) is 93.7 Å². The zero-order chi connectivity index (χ0) is 43.4. The molecule has 64 heavy (non-hydrogen) atoms. The Hall–Kier alpha value is 1.37. The quantitative estimate of drug-likeness (QED) is 0.151. The summed E-state index contributed by atoms with van der Waals surface area (Å²) in [5.74, 6) is 12.7. The van der Waals surface area contributed by atoms with E-state index in [9.17, 15) is 0 Å². The fourth-order valence-electron chi connectivity index (χ4n) is 17.8. The van der Waals surface area contributed by atoms with Crippen molar-refractivity contribution in [3.05, 3.63) is 102 Å². The van der Waals surface area contributed by atoms with Crippen molar-refractivity contribution in [3.63, 3.8) is 0 Å². The van der Waals surface area contributed by atoms with Crippen molar-refractivity contribution in [2.45, 2.75) is 167 Å². The van der Waals surface area contributed by atoms with Gasteiger partial charge in [-0.3, -0.25) is 0 Å². The second kappa shape index (κ2) is 28.4. The molecule has 0 aromatic rings. The van der Waals surface area contributed by atoms with Crippen molar-refractivity contribution < 1.29 is 41.7 Å². The van der Waals surface area contributed by atoms with E-state index in [-0.39, 0.29) is 14.9 Å². The molecule has 0 spiro atoms. The first-order valence-electron chi connectivity index (χ1n) is 26.0. The van der Waals surface area contributed by atoms with E-state index in [0.717, 1.165) is 82.9 Å². The molecule has 0 aromatic carbocycles. The molecule has 0 bridgehead atoms. The average Bonchev–Trinajstić information content (AvgIpc) is 4.16. The van der Waals surface area contributed by atoms with Crippen LogP contribution in [0.1, 0.15) is 167 Å². The summed E-state index contributed by atoms with van der Waals surface area (Å²) in [5.41, 5.74) is 1.25.